The average molecular weight is 388 g/mol. The lowest BCUT2D eigenvalue weighted by Gasteiger charge is -2.26. The van der Waals surface area contributed by atoms with Gasteiger partial charge in [0.25, 0.3) is 0 Å². The molecule has 0 bridgehead atoms. The number of benzene rings is 1. The van der Waals surface area contributed by atoms with Crippen molar-refractivity contribution >= 4 is 5.91 Å². The summed E-state index contributed by atoms with van der Waals surface area (Å²) in [5.74, 6) is 2.40. The highest BCUT2D eigenvalue weighted by atomic mass is 16.5. The van der Waals surface area contributed by atoms with E-state index in [9.17, 15) is 4.79 Å². The van der Waals surface area contributed by atoms with Crippen LogP contribution in [0, 0.1) is 11.8 Å². The van der Waals surface area contributed by atoms with E-state index in [0.29, 0.717) is 30.9 Å². The minimum absolute atomic E-state index is 0.228. The highest BCUT2D eigenvalue weighted by molar-refractivity contribution is 5.77. The molecule has 2 aliphatic heterocycles. The molecule has 0 radical (unpaired) electrons. The van der Waals surface area contributed by atoms with Gasteiger partial charge in [0, 0.05) is 45.2 Å². The molecule has 0 spiro atoms. The van der Waals surface area contributed by atoms with Crippen LogP contribution in [0.4, 0.5) is 0 Å². The van der Waals surface area contributed by atoms with E-state index in [0.717, 1.165) is 58.1 Å². The molecule has 2 heterocycles. The molecular weight excluding hydrogens is 354 g/mol. The van der Waals surface area contributed by atoms with Crippen LogP contribution in [0.15, 0.2) is 24.3 Å². The number of carbonyl (C=O) groups excluding carboxylic acids is 1. The zero-order valence-electron chi connectivity index (χ0n) is 16.9. The standard InChI is InChI=1S/C22H33N3O3/c1-24(20-12-18-14-22(26)23-15-19(18)13-20)16-17-3-2-4-21(11-17)28-10-7-25-5-8-27-9-6-25/h2-4,11,18-20H,5-10,12-16H2,1H3,(H,23,26)/t18-,19+,20-/m1/s1. The van der Waals surface area contributed by atoms with Crippen molar-refractivity contribution in [2.75, 3.05) is 53.0 Å². The summed E-state index contributed by atoms with van der Waals surface area (Å²) >= 11 is 0. The van der Waals surface area contributed by atoms with E-state index in [1.54, 1.807) is 0 Å². The van der Waals surface area contributed by atoms with Crippen LogP contribution in [0.5, 0.6) is 5.75 Å². The number of amides is 1. The van der Waals surface area contributed by atoms with Crippen LogP contribution < -0.4 is 10.1 Å². The minimum Gasteiger partial charge on any atom is -0.492 e. The smallest absolute Gasteiger partial charge is 0.220 e. The van der Waals surface area contributed by atoms with Crippen molar-refractivity contribution in [1.82, 2.24) is 15.1 Å². The molecule has 1 amide bonds. The van der Waals surface area contributed by atoms with Gasteiger partial charge in [-0.15, -0.1) is 0 Å². The summed E-state index contributed by atoms with van der Waals surface area (Å²) in [5.41, 5.74) is 1.29. The van der Waals surface area contributed by atoms with Crippen LogP contribution >= 0.6 is 0 Å². The summed E-state index contributed by atoms with van der Waals surface area (Å²) in [6.45, 7) is 7.10. The largest absolute Gasteiger partial charge is 0.492 e. The van der Waals surface area contributed by atoms with Gasteiger partial charge in [0.1, 0.15) is 12.4 Å². The molecule has 0 unspecified atom stereocenters. The molecule has 3 aliphatic rings. The van der Waals surface area contributed by atoms with Crippen LogP contribution in [0.2, 0.25) is 0 Å². The first-order valence-electron chi connectivity index (χ1n) is 10.7. The fraction of sp³-hybridized carbons (Fsp3) is 0.682. The topological polar surface area (TPSA) is 54.0 Å². The third-order valence-electron chi connectivity index (χ3n) is 6.56. The van der Waals surface area contributed by atoms with Crippen molar-refractivity contribution in [1.29, 1.82) is 0 Å². The lowest BCUT2D eigenvalue weighted by Crippen LogP contribution is -2.38. The summed E-state index contributed by atoms with van der Waals surface area (Å²) in [5, 5.41) is 3.03. The minimum atomic E-state index is 0.228. The Morgan fingerprint density at radius 2 is 2.07 bits per heavy atom. The van der Waals surface area contributed by atoms with Crippen molar-refractivity contribution in [2.24, 2.45) is 11.8 Å². The molecule has 1 N–H and O–H groups in total. The first-order valence-corrected chi connectivity index (χ1v) is 10.7. The lowest BCUT2D eigenvalue weighted by molar-refractivity contribution is -0.124. The molecule has 1 aliphatic carbocycles. The zero-order valence-corrected chi connectivity index (χ0v) is 16.9. The number of nitrogens with zero attached hydrogens (tertiary/aromatic N) is 2. The van der Waals surface area contributed by atoms with E-state index in [1.807, 2.05) is 6.07 Å². The summed E-state index contributed by atoms with van der Waals surface area (Å²) in [6, 6.07) is 9.05. The van der Waals surface area contributed by atoms with Gasteiger partial charge >= 0.3 is 0 Å². The van der Waals surface area contributed by atoms with Crippen LogP contribution in [0.25, 0.3) is 0 Å². The Morgan fingerprint density at radius 1 is 1.25 bits per heavy atom. The molecule has 1 aromatic rings. The second-order valence-electron chi connectivity index (χ2n) is 8.52. The monoisotopic (exact) mass is 387 g/mol. The fourth-order valence-electron chi connectivity index (χ4n) is 4.86. The van der Waals surface area contributed by atoms with Crippen molar-refractivity contribution in [2.45, 2.75) is 31.8 Å². The Kier molecular flexibility index (Phi) is 6.50. The Balaban J connectivity index is 1.25. The number of hydrogen-bond acceptors (Lipinski definition) is 5. The predicted octanol–water partition coefficient (Wildman–Crippen LogP) is 1.74. The van der Waals surface area contributed by atoms with Gasteiger partial charge in [-0.25, -0.2) is 0 Å². The predicted molar refractivity (Wildman–Crippen MR) is 108 cm³/mol. The number of fused-ring (bicyclic) bond motifs is 1. The highest BCUT2D eigenvalue weighted by Gasteiger charge is 2.39. The molecule has 4 rings (SSSR count). The molecule has 1 aromatic carbocycles. The van der Waals surface area contributed by atoms with Crippen molar-refractivity contribution < 1.29 is 14.3 Å². The maximum atomic E-state index is 11.7. The number of piperidine rings is 1. The first kappa shape index (κ1) is 19.7. The van der Waals surface area contributed by atoms with Gasteiger partial charge in [-0.2, -0.15) is 0 Å². The van der Waals surface area contributed by atoms with E-state index in [2.05, 4.69) is 40.4 Å². The number of ether oxygens (including phenoxy) is 2. The van der Waals surface area contributed by atoms with Crippen molar-refractivity contribution in [3.63, 3.8) is 0 Å². The van der Waals surface area contributed by atoms with E-state index in [1.165, 1.54) is 12.0 Å². The van der Waals surface area contributed by atoms with Crippen molar-refractivity contribution in [3.8, 4) is 5.75 Å². The molecule has 28 heavy (non-hydrogen) atoms. The number of hydrogen-bond donors (Lipinski definition) is 1. The third kappa shape index (κ3) is 5.04. The molecule has 6 nitrogen and oxygen atoms in total. The Bertz CT molecular complexity index is 662. The maximum absolute atomic E-state index is 11.7. The molecule has 2 saturated heterocycles. The SMILES string of the molecule is CN(Cc1cccc(OCCN2CCOCC2)c1)[C@H]1C[C@H]2CNC(=O)C[C@H]2C1. The highest BCUT2D eigenvalue weighted by Crippen LogP contribution is 2.38. The van der Waals surface area contributed by atoms with Crippen LogP contribution in [0.3, 0.4) is 0 Å². The normalized spacial score (nSPS) is 28.2. The maximum Gasteiger partial charge on any atom is 0.220 e. The van der Waals surface area contributed by atoms with Gasteiger partial charge in [0.2, 0.25) is 5.91 Å². The number of carbonyl (C=O) groups is 1. The first-order chi connectivity index (χ1) is 13.7. The Labute approximate surface area is 168 Å². The molecule has 3 fully saturated rings. The summed E-state index contributed by atoms with van der Waals surface area (Å²) in [6.07, 6.45) is 3.04. The van der Waals surface area contributed by atoms with Crippen molar-refractivity contribution in [3.05, 3.63) is 29.8 Å². The summed E-state index contributed by atoms with van der Waals surface area (Å²) in [7, 11) is 2.21. The lowest BCUT2D eigenvalue weighted by atomic mass is 9.89. The second kappa shape index (κ2) is 9.25. The van der Waals surface area contributed by atoms with E-state index < -0.39 is 0 Å². The molecular formula is C22H33N3O3. The quantitative estimate of drug-likeness (QED) is 0.773. The van der Waals surface area contributed by atoms with Gasteiger partial charge in [0.15, 0.2) is 0 Å². The molecule has 6 heteroatoms. The third-order valence-corrected chi connectivity index (χ3v) is 6.56. The summed E-state index contributed by atoms with van der Waals surface area (Å²) in [4.78, 5) is 16.5. The van der Waals surface area contributed by atoms with Gasteiger partial charge in [0.05, 0.1) is 13.2 Å². The molecule has 1 saturated carbocycles. The molecule has 0 aromatic heterocycles. The van der Waals surface area contributed by atoms with E-state index in [-0.39, 0.29) is 5.91 Å². The zero-order chi connectivity index (χ0) is 19.3. The van der Waals surface area contributed by atoms with Gasteiger partial charge in [-0.1, -0.05) is 12.1 Å². The second-order valence-corrected chi connectivity index (χ2v) is 8.52. The van der Waals surface area contributed by atoms with Gasteiger partial charge in [-0.05, 0) is 49.4 Å². The fourth-order valence-corrected chi connectivity index (χ4v) is 4.86. The average Bonchev–Trinajstić information content (AvgIpc) is 3.12. The Hall–Kier alpha value is -1.63. The van der Waals surface area contributed by atoms with Crippen LogP contribution in [-0.2, 0) is 16.1 Å². The molecule has 3 atom stereocenters. The number of nitrogens with one attached hydrogen (secondary N) is 1. The van der Waals surface area contributed by atoms with Crippen LogP contribution in [0.1, 0.15) is 24.8 Å². The van der Waals surface area contributed by atoms with E-state index in [4.69, 9.17) is 9.47 Å². The van der Waals surface area contributed by atoms with Gasteiger partial charge in [-0.3, -0.25) is 14.6 Å². The molecule has 154 valence electrons. The Morgan fingerprint density at radius 3 is 2.93 bits per heavy atom. The van der Waals surface area contributed by atoms with Crippen LogP contribution in [-0.4, -0.2) is 74.8 Å². The van der Waals surface area contributed by atoms with E-state index >= 15 is 0 Å². The summed E-state index contributed by atoms with van der Waals surface area (Å²) < 4.78 is 11.4. The number of rotatable bonds is 7. The van der Waals surface area contributed by atoms with Gasteiger partial charge < -0.3 is 14.8 Å². The number of morpholine rings is 1.